The molecule has 28 heavy (non-hydrogen) atoms. The van der Waals surface area contributed by atoms with Gasteiger partial charge in [-0.2, -0.15) is 0 Å². The van der Waals surface area contributed by atoms with Gasteiger partial charge in [0.05, 0.1) is 5.57 Å². The van der Waals surface area contributed by atoms with Crippen LogP contribution in [0.15, 0.2) is 36.4 Å². The summed E-state index contributed by atoms with van der Waals surface area (Å²) in [6.45, 7) is 8.11. The summed E-state index contributed by atoms with van der Waals surface area (Å²) in [6.07, 6.45) is 0. The first-order valence-corrected chi connectivity index (χ1v) is 9.57. The van der Waals surface area contributed by atoms with Crippen molar-refractivity contribution in [2.75, 3.05) is 31.6 Å². The minimum Gasteiger partial charge on any atom is -0.492 e. The molecule has 2 aliphatic rings. The number of carbonyl (C=O) groups is 1. The van der Waals surface area contributed by atoms with E-state index in [2.05, 4.69) is 24.1 Å². The monoisotopic (exact) mass is 382 g/mol. The first-order chi connectivity index (χ1) is 13.6. The molecule has 2 heterocycles. The van der Waals surface area contributed by atoms with E-state index in [9.17, 15) is 9.18 Å². The highest BCUT2D eigenvalue weighted by Crippen LogP contribution is 2.42. The van der Waals surface area contributed by atoms with Crippen LogP contribution in [0.3, 0.4) is 0 Å². The van der Waals surface area contributed by atoms with Gasteiger partial charge in [-0.1, -0.05) is 13.8 Å². The summed E-state index contributed by atoms with van der Waals surface area (Å²) >= 11 is 0. The van der Waals surface area contributed by atoms with Crippen molar-refractivity contribution < 1.29 is 18.7 Å². The number of halogens is 1. The number of likely N-dealkylation sites (N-methyl/N-ethyl adjacent to an activating group) is 1. The van der Waals surface area contributed by atoms with Gasteiger partial charge in [0, 0.05) is 28.9 Å². The van der Waals surface area contributed by atoms with Gasteiger partial charge in [-0.05, 0) is 49.5 Å². The lowest BCUT2D eigenvalue weighted by molar-refractivity contribution is -0.110. The van der Waals surface area contributed by atoms with E-state index in [-0.39, 0.29) is 11.7 Å². The molecule has 5 nitrogen and oxygen atoms in total. The van der Waals surface area contributed by atoms with E-state index < -0.39 is 0 Å². The molecule has 1 amide bonds. The van der Waals surface area contributed by atoms with Crippen molar-refractivity contribution in [2.24, 2.45) is 0 Å². The van der Waals surface area contributed by atoms with E-state index in [0.29, 0.717) is 35.8 Å². The van der Waals surface area contributed by atoms with Crippen LogP contribution >= 0.6 is 0 Å². The van der Waals surface area contributed by atoms with Gasteiger partial charge in [0.15, 0.2) is 0 Å². The van der Waals surface area contributed by atoms with E-state index in [1.807, 2.05) is 18.2 Å². The third-order valence-electron chi connectivity index (χ3n) is 5.22. The van der Waals surface area contributed by atoms with E-state index >= 15 is 0 Å². The van der Waals surface area contributed by atoms with Crippen molar-refractivity contribution in [1.82, 2.24) is 4.90 Å². The first kappa shape index (κ1) is 18.5. The number of ether oxygens (including phenoxy) is 2. The van der Waals surface area contributed by atoms with E-state index in [0.717, 1.165) is 36.5 Å². The molecule has 0 radical (unpaired) electrons. The first-order valence-electron chi connectivity index (χ1n) is 9.57. The Bertz CT molecular complexity index is 951. The Morgan fingerprint density at radius 1 is 1.14 bits per heavy atom. The highest BCUT2D eigenvalue weighted by Gasteiger charge is 2.32. The smallest absolute Gasteiger partial charge is 0.260 e. The summed E-state index contributed by atoms with van der Waals surface area (Å²) in [4.78, 5) is 14.8. The van der Waals surface area contributed by atoms with Crippen LogP contribution in [0.5, 0.6) is 5.75 Å². The van der Waals surface area contributed by atoms with Crippen molar-refractivity contribution in [2.45, 2.75) is 20.5 Å². The van der Waals surface area contributed by atoms with Gasteiger partial charge in [-0.15, -0.1) is 0 Å². The van der Waals surface area contributed by atoms with Gasteiger partial charge in [-0.25, -0.2) is 4.39 Å². The number of carbonyl (C=O) groups excluding carboxylic acids is 1. The van der Waals surface area contributed by atoms with Crippen molar-refractivity contribution >= 4 is 22.9 Å². The van der Waals surface area contributed by atoms with Crippen LogP contribution in [-0.2, 0) is 16.1 Å². The van der Waals surface area contributed by atoms with Crippen LogP contribution in [0.1, 0.15) is 30.5 Å². The average Bonchev–Trinajstić information content (AvgIpc) is 3.24. The molecule has 6 heteroatoms. The number of fused-ring (bicyclic) bond motifs is 2. The zero-order valence-electron chi connectivity index (χ0n) is 16.0. The lowest BCUT2D eigenvalue weighted by Crippen LogP contribution is -2.27. The number of nitrogens with one attached hydrogen (secondary N) is 1. The molecule has 2 aromatic rings. The molecule has 146 valence electrons. The molecule has 0 unspecified atom stereocenters. The maximum Gasteiger partial charge on any atom is 0.260 e. The molecular weight excluding hydrogens is 359 g/mol. The molecule has 0 aliphatic carbocycles. The summed E-state index contributed by atoms with van der Waals surface area (Å²) in [5, 5.41) is 2.77. The summed E-state index contributed by atoms with van der Waals surface area (Å²) < 4.78 is 25.4. The Labute approximate surface area is 163 Å². The summed E-state index contributed by atoms with van der Waals surface area (Å²) in [7, 11) is 0. The molecule has 0 fully saturated rings. The van der Waals surface area contributed by atoms with Gasteiger partial charge in [0.1, 0.15) is 30.5 Å². The average molecular weight is 382 g/mol. The lowest BCUT2D eigenvalue weighted by Gasteiger charge is -2.18. The topological polar surface area (TPSA) is 50.8 Å². The Kier molecular flexibility index (Phi) is 5.05. The molecule has 2 aliphatic heterocycles. The van der Waals surface area contributed by atoms with E-state index in [1.165, 1.54) is 12.1 Å². The van der Waals surface area contributed by atoms with Gasteiger partial charge < -0.3 is 19.7 Å². The molecule has 1 N–H and O–H groups in total. The third-order valence-corrected chi connectivity index (χ3v) is 5.22. The van der Waals surface area contributed by atoms with Gasteiger partial charge in [0.25, 0.3) is 5.91 Å². The standard InChI is InChI=1S/C22H23FN2O3/c1-3-25(4-2)9-10-27-16-6-7-17-14(11-16)13-28-21(17)20-18-12-15(23)5-8-19(18)24-22(20)26/h5-8,11-12H,3-4,9-10,13H2,1-2H3,(H,24,26). The quantitative estimate of drug-likeness (QED) is 0.770. The van der Waals surface area contributed by atoms with Crippen LogP contribution < -0.4 is 10.1 Å². The Balaban J connectivity index is 1.59. The van der Waals surface area contributed by atoms with Crippen LogP contribution in [0.25, 0.3) is 11.3 Å². The largest absolute Gasteiger partial charge is 0.492 e. The van der Waals surface area contributed by atoms with Crippen LogP contribution in [0.4, 0.5) is 10.1 Å². The zero-order valence-corrected chi connectivity index (χ0v) is 16.0. The predicted octanol–water partition coefficient (Wildman–Crippen LogP) is 3.90. The molecule has 0 saturated heterocycles. The van der Waals surface area contributed by atoms with Gasteiger partial charge in [-0.3, -0.25) is 4.79 Å². The van der Waals surface area contributed by atoms with E-state index in [4.69, 9.17) is 9.47 Å². The second kappa shape index (κ2) is 7.64. The Morgan fingerprint density at radius 2 is 1.96 bits per heavy atom. The fourth-order valence-electron chi connectivity index (χ4n) is 3.63. The molecule has 0 spiro atoms. The van der Waals surface area contributed by atoms with Crippen LogP contribution in [0, 0.1) is 5.82 Å². The normalized spacial score (nSPS) is 17.4. The number of anilines is 1. The van der Waals surface area contributed by atoms with Crippen molar-refractivity contribution in [3.63, 3.8) is 0 Å². The molecule has 0 atom stereocenters. The zero-order chi connectivity index (χ0) is 19.7. The second-order valence-electron chi connectivity index (χ2n) is 6.83. The number of amides is 1. The summed E-state index contributed by atoms with van der Waals surface area (Å²) in [6, 6.07) is 10.0. The van der Waals surface area contributed by atoms with Gasteiger partial charge >= 0.3 is 0 Å². The molecular formula is C22H23FN2O3. The second-order valence-corrected chi connectivity index (χ2v) is 6.83. The number of benzene rings is 2. The SMILES string of the molecule is CCN(CC)CCOc1ccc2c(c1)COC2=C1C(=O)Nc2ccc(F)cc21. The fraction of sp³-hybridized carbons (Fsp3) is 0.318. The number of hydrogen-bond donors (Lipinski definition) is 1. The molecule has 4 rings (SSSR count). The summed E-state index contributed by atoms with van der Waals surface area (Å²) in [5.41, 5.74) is 3.32. The Morgan fingerprint density at radius 3 is 2.75 bits per heavy atom. The Hall–Kier alpha value is -2.86. The highest BCUT2D eigenvalue weighted by atomic mass is 19.1. The molecule has 0 bridgehead atoms. The minimum absolute atomic E-state index is 0.275. The van der Waals surface area contributed by atoms with Gasteiger partial charge in [0.2, 0.25) is 0 Å². The highest BCUT2D eigenvalue weighted by molar-refractivity contribution is 6.36. The van der Waals surface area contributed by atoms with Crippen molar-refractivity contribution in [1.29, 1.82) is 0 Å². The molecule has 0 saturated carbocycles. The van der Waals surface area contributed by atoms with Crippen LogP contribution in [-0.4, -0.2) is 37.0 Å². The van der Waals surface area contributed by atoms with Crippen LogP contribution in [0.2, 0.25) is 0 Å². The number of nitrogens with zero attached hydrogens (tertiary/aromatic N) is 1. The van der Waals surface area contributed by atoms with Crippen molar-refractivity contribution in [3.05, 3.63) is 58.9 Å². The van der Waals surface area contributed by atoms with Crippen molar-refractivity contribution in [3.8, 4) is 5.75 Å². The maximum atomic E-state index is 13.7. The fourth-order valence-corrected chi connectivity index (χ4v) is 3.63. The molecule has 0 aromatic heterocycles. The number of rotatable bonds is 6. The van der Waals surface area contributed by atoms with E-state index in [1.54, 1.807) is 6.07 Å². The lowest BCUT2D eigenvalue weighted by atomic mass is 10.0. The maximum absolute atomic E-state index is 13.7. The number of hydrogen-bond acceptors (Lipinski definition) is 4. The minimum atomic E-state index is -0.386. The summed E-state index contributed by atoms with van der Waals surface area (Å²) in [5.74, 6) is 0.612. The molecule has 2 aromatic carbocycles. The third kappa shape index (κ3) is 3.36. The predicted molar refractivity (Wildman–Crippen MR) is 106 cm³/mol.